The molecule has 9 nitrogen and oxygen atoms in total. The van der Waals surface area contributed by atoms with Crippen molar-refractivity contribution in [1.82, 2.24) is 19.5 Å². The van der Waals surface area contributed by atoms with Gasteiger partial charge in [-0.2, -0.15) is 0 Å². The summed E-state index contributed by atoms with van der Waals surface area (Å²) >= 11 is 0. The number of benzene rings is 2. The molecule has 2 aromatic heterocycles. The molecule has 0 saturated heterocycles. The van der Waals surface area contributed by atoms with Gasteiger partial charge in [-0.1, -0.05) is 24.3 Å². The third-order valence-corrected chi connectivity index (χ3v) is 7.07. The van der Waals surface area contributed by atoms with Crippen LogP contribution in [0.3, 0.4) is 0 Å². The fraction of sp³-hybridized carbons (Fsp3) is 0.143. The van der Waals surface area contributed by atoms with Crippen molar-refractivity contribution in [1.29, 1.82) is 0 Å². The first-order chi connectivity index (χ1) is 15.0. The number of para-hydroxylation sites is 1. The zero-order valence-corrected chi connectivity index (χ0v) is 17.0. The van der Waals surface area contributed by atoms with Crippen molar-refractivity contribution in [2.45, 2.75) is 17.7 Å². The van der Waals surface area contributed by atoms with Crippen LogP contribution in [0, 0.1) is 0 Å². The van der Waals surface area contributed by atoms with Crippen molar-refractivity contribution in [3.8, 4) is 5.69 Å². The van der Waals surface area contributed by atoms with Gasteiger partial charge >= 0.3 is 5.69 Å². The normalized spacial score (nSPS) is 13.9. The summed E-state index contributed by atoms with van der Waals surface area (Å²) in [6, 6.07) is 13.5. The topological polar surface area (TPSA) is 118 Å². The van der Waals surface area contributed by atoms with Gasteiger partial charge in [-0.25, -0.2) is 27.7 Å². The number of aromatic nitrogens is 4. The highest BCUT2D eigenvalue weighted by atomic mass is 32.2. The number of nitrogens with one attached hydrogen (secondary N) is 1. The molecule has 0 saturated carbocycles. The van der Waals surface area contributed by atoms with Crippen LogP contribution in [-0.4, -0.2) is 34.5 Å². The van der Waals surface area contributed by atoms with Gasteiger partial charge in [0.25, 0.3) is 15.6 Å². The van der Waals surface area contributed by atoms with E-state index in [9.17, 15) is 18.0 Å². The number of rotatable bonds is 3. The molecular formula is C21H17N5O4S. The lowest BCUT2D eigenvalue weighted by atomic mass is 10.0. The van der Waals surface area contributed by atoms with E-state index in [-0.39, 0.29) is 21.7 Å². The molecule has 0 aliphatic carbocycles. The molecule has 3 heterocycles. The number of hydrogen-bond acceptors (Lipinski definition) is 6. The van der Waals surface area contributed by atoms with Crippen LogP contribution in [0.25, 0.3) is 16.9 Å². The number of aromatic amines is 1. The zero-order chi connectivity index (χ0) is 21.6. The van der Waals surface area contributed by atoms with Crippen LogP contribution < -0.4 is 15.6 Å². The van der Waals surface area contributed by atoms with Crippen molar-refractivity contribution in [3.05, 3.63) is 87.3 Å². The summed E-state index contributed by atoms with van der Waals surface area (Å²) in [6.45, 7) is 0.372. The first kappa shape index (κ1) is 19.2. The second-order valence-electron chi connectivity index (χ2n) is 7.13. The molecule has 0 amide bonds. The molecule has 2 aromatic carbocycles. The highest BCUT2D eigenvalue weighted by Gasteiger charge is 2.29. The molecule has 1 aliphatic rings. The molecule has 4 aromatic rings. The van der Waals surface area contributed by atoms with E-state index in [1.807, 2.05) is 18.2 Å². The van der Waals surface area contributed by atoms with Crippen LogP contribution in [-0.2, 0) is 16.4 Å². The molecule has 0 atom stereocenters. The average molecular weight is 435 g/mol. The van der Waals surface area contributed by atoms with Gasteiger partial charge < -0.3 is 0 Å². The number of sulfonamides is 1. The fourth-order valence-electron chi connectivity index (χ4n) is 3.86. The van der Waals surface area contributed by atoms with E-state index in [0.29, 0.717) is 12.2 Å². The van der Waals surface area contributed by atoms with E-state index in [0.717, 1.165) is 23.0 Å². The predicted octanol–water partition coefficient (Wildman–Crippen LogP) is 1.61. The van der Waals surface area contributed by atoms with E-state index in [1.54, 1.807) is 18.2 Å². The van der Waals surface area contributed by atoms with E-state index < -0.39 is 21.3 Å². The van der Waals surface area contributed by atoms with E-state index in [2.05, 4.69) is 15.0 Å². The first-order valence-electron chi connectivity index (χ1n) is 9.64. The Hall–Kier alpha value is -3.79. The zero-order valence-electron chi connectivity index (χ0n) is 16.2. The minimum absolute atomic E-state index is 0.0136. The predicted molar refractivity (Wildman–Crippen MR) is 115 cm³/mol. The second-order valence-corrected chi connectivity index (χ2v) is 8.99. The lowest BCUT2D eigenvalue weighted by molar-refractivity contribution is 0.586. The molecule has 31 heavy (non-hydrogen) atoms. The number of aryl methyl sites for hydroxylation is 1. The van der Waals surface area contributed by atoms with Gasteiger partial charge in [0.1, 0.15) is 0 Å². The minimum atomic E-state index is -3.87. The molecule has 0 fully saturated rings. The molecule has 156 valence electrons. The van der Waals surface area contributed by atoms with Gasteiger partial charge in [-0.3, -0.25) is 14.1 Å². The highest BCUT2D eigenvalue weighted by Crippen LogP contribution is 2.32. The van der Waals surface area contributed by atoms with Crippen LogP contribution in [0.1, 0.15) is 12.0 Å². The summed E-state index contributed by atoms with van der Waals surface area (Å²) in [5, 5.41) is 0. The molecule has 1 N–H and O–H groups in total. The largest absolute Gasteiger partial charge is 0.334 e. The lowest BCUT2D eigenvalue weighted by Crippen LogP contribution is -2.35. The number of nitrogens with zero attached hydrogens (tertiary/aromatic N) is 4. The van der Waals surface area contributed by atoms with Gasteiger partial charge in [0, 0.05) is 18.9 Å². The standard InChI is InChI=1S/C21H17N5O4S/c27-20-18-19(23-11-10-22-18)26(21(28)24-20)15-7-3-8-16(13-15)31(29,30)25-12-4-6-14-5-1-2-9-17(14)25/h1-3,5,7-11,13H,4,6,12H2,(H,24,27,28). The molecule has 5 rings (SSSR count). The Bertz CT molecular complexity index is 1540. The van der Waals surface area contributed by atoms with Gasteiger partial charge in [0.05, 0.1) is 16.3 Å². The maximum Gasteiger partial charge on any atom is 0.334 e. The molecular weight excluding hydrogens is 418 g/mol. The van der Waals surface area contributed by atoms with Crippen LogP contribution in [0.2, 0.25) is 0 Å². The maximum absolute atomic E-state index is 13.5. The summed E-state index contributed by atoms with van der Waals surface area (Å²) in [7, 11) is -3.87. The van der Waals surface area contributed by atoms with Crippen molar-refractivity contribution in [2.24, 2.45) is 0 Å². The second kappa shape index (κ2) is 7.17. The Kier molecular flexibility index (Phi) is 4.44. The smallest absolute Gasteiger partial charge is 0.272 e. The fourth-order valence-corrected chi connectivity index (χ4v) is 5.44. The summed E-state index contributed by atoms with van der Waals surface area (Å²) in [4.78, 5) is 35.0. The summed E-state index contributed by atoms with van der Waals surface area (Å²) in [5.74, 6) is 0. The monoisotopic (exact) mass is 435 g/mol. The molecule has 0 bridgehead atoms. The Morgan fingerprint density at radius 2 is 1.77 bits per heavy atom. The van der Waals surface area contributed by atoms with Crippen LogP contribution in [0.15, 0.2) is 75.4 Å². The Balaban J connectivity index is 1.68. The van der Waals surface area contributed by atoms with Crippen LogP contribution in [0.5, 0.6) is 0 Å². The highest BCUT2D eigenvalue weighted by molar-refractivity contribution is 7.92. The van der Waals surface area contributed by atoms with Crippen molar-refractivity contribution in [3.63, 3.8) is 0 Å². The number of fused-ring (bicyclic) bond motifs is 2. The van der Waals surface area contributed by atoms with Crippen LogP contribution >= 0.6 is 0 Å². The summed E-state index contributed by atoms with van der Waals surface area (Å²) in [6.07, 6.45) is 4.25. The first-order valence-corrected chi connectivity index (χ1v) is 11.1. The van der Waals surface area contributed by atoms with Gasteiger partial charge in [-0.05, 0) is 42.7 Å². The number of anilines is 1. The summed E-state index contributed by atoms with van der Waals surface area (Å²) in [5.41, 5.74) is 0.560. The minimum Gasteiger partial charge on any atom is -0.272 e. The Morgan fingerprint density at radius 3 is 2.65 bits per heavy atom. The Labute approximate surface area is 176 Å². The number of H-pyrrole nitrogens is 1. The molecule has 10 heteroatoms. The Morgan fingerprint density at radius 1 is 0.968 bits per heavy atom. The van der Waals surface area contributed by atoms with Gasteiger partial charge in [-0.15, -0.1) is 0 Å². The maximum atomic E-state index is 13.5. The van der Waals surface area contributed by atoms with E-state index in [1.165, 1.54) is 28.8 Å². The molecule has 1 aliphatic heterocycles. The van der Waals surface area contributed by atoms with Gasteiger partial charge in [0.2, 0.25) is 0 Å². The number of hydrogen-bond donors (Lipinski definition) is 1. The van der Waals surface area contributed by atoms with Crippen molar-refractivity contribution >= 4 is 26.9 Å². The average Bonchev–Trinajstić information content (AvgIpc) is 2.79. The summed E-state index contributed by atoms with van der Waals surface area (Å²) < 4.78 is 29.5. The van der Waals surface area contributed by atoms with E-state index >= 15 is 0 Å². The molecule has 0 unspecified atom stereocenters. The van der Waals surface area contributed by atoms with Gasteiger partial charge in [0.15, 0.2) is 11.2 Å². The van der Waals surface area contributed by atoms with Crippen molar-refractivity contribution < 1.29 is 8.42 Å². The van der Waals surface area contributed by atoms with Crippen LogP contribution in [0.4, 0.5) is 5.69 Å². The third kappa shape index (κ3) is 3.12. The third-order valence-electron chi connectivity index (χ3n) is 5.26. The van der Waals surface area contributed by atoms with E-state index in [4.69, 9.17) is 0 Å². The quantitative estimate of drug-likeness (QED) is 0.522. The molecule has 0 spiro atoms. The van der Waals surface area contributed by atoms with Crippen molar-refractivity contribution in [2.75, 3.05) is 10.8 Å². The molecule has 0 radical (unpaired) electrons. The lowest BCUT2D eigenvalue weighted by Gasteiger charge is -2.30. The SMILES string of the molecule is O=c1[nH]c(=O)n(-c2cccc(S(=O)(=O)N3CCCc4ccccc43)c2)c2nccnc12.